The first-order valence-corrected chi connectivity index (χ1v) is 5.14. The summed E-state index contributed by atoms with van der Waals surface area (Å²) < 4.78 is 35.9. The molecule has 0 aliphatic carbocycles. The van der Waals surface area contributed by atoms with E-state index in [0.29, 0.717) is 6.42 Å². The summed E-state index contributed by atoms with van der Waals surface area (Å²) in [6, 6.07) is 0. The molecule has 0 aliphatic rings. The Morgan fingerprint density at radius 2 is 2.08 bits per heavy atom. The summed E-state index contributed by atoms with van der Waals surface area (Å²) in [6.07, 6.45) is -0.431. The van der Waals surface area contributed by atoms with Crippen LogP contribution in [0.5, 0.6) is 0 Å². The molecule has 0 fully saturated rings. The van der Waals surface area contributed by atoms with Crippen LogP contribution in [0.3, 0.4) is 0 Å². The molecule has 0 saturated carbocycles. The molecule has 2 nitrogen and oxygen atoms in total. The lowest BCUT2D eigenvalue weighted by Gasteiger charge is -2.17. The summed E-state index contributed by atoms with van der Waals surface area (Å²) in [7, 11) is -0.539. The summed E-state index contributed by atoms with van der Waals surface area (Å²) in [4.78, 5) is 10.8. The van der Waals surface area contributed by atoms with Crippen molar-refractivity contribution in [2.75, 3.05) is 6.16 Å². The zero-order valence-corrected chi connectivity index (χ0v) is 8.61. The smallest absolute Gasteiger partial charge is 0.292 e. The summed E-state index contributed by atoms with van der Waals surface area (Å²) >= 11 is 0. The predicted molar refractivity (Wildman–Crippen MR) is 46.5 cm³/mol. The molecule has 0 rings (SSSR count). The van der Waals surface area contributed by atoms with Gasteiger partial charge in [-0.1, -0.05) is 20.3 Å². The van der Waals surface area contributed by atoms with Crippen molar-refractivity contribution in [3.63, 3.8) is 0 Å². The highest BCUT2D eigenvalue weighted by molar-refractivity contribution is 7.25. The average Bonchev–Trinajstić information content (AvgIpc) is 2.04. The van der Waals surface area contributed by atoms with E-state index < -0.39 is 32.7 Å². The third-order valence-corrected chi connectivity index (χ3v) is 2.33. The molecule has 0 aromatic heterocycles. The van der Waals surface area contributed by atoms with Crippen LogP contribution in [-0.2, 0) is 9.36 Å². The molecule has 0 radical (unpaired) electrons. The number of hydrogen-bond donors (Lipinski definition) is 0. The third kappa shape index (κ3) is 4.41. The maximum atomic E-state index is 12.9. The van der Waals surface area contributed by atoms with Crippen molar-refractivity contribution in [1.29, 1.82) is 0 Å². The van der Waals surface area contributed by atoms with E-state index in [4.69, 9.17) is 0 Å². The minimum atomic E-state index is -3.31. The molecule has 13 heavy (non-hydrogen) atoms. The van der Waals surface area contributed by atoms with Gasteiger partial charge in [-0.2, -0.15) is 8.78 Å². The highest BCUT2D eigenvalue weighted by atomic mass is 31.1. The molecule has 0 aromatic carbocycles. The molecule has 76 valence electrons. The second-order valence-corrected chi connectivity index (χ2v) is 3.71. The average molecular weight is 210 g/mol. The minimum absolute atomic E-state index is 0.192. The van der Waals surface area contributed by atoms with Crippen molar-refractivity contribution in [2.24, 2.45) is 5.92 Å². The second kappa shape index (κ2) is 5.38. The van der Waals surface area contributed by atoms with E-state index >= 15 is 0 Å². The number of carbonyl (C=O) groups is 1. The lowest BCUT2D eigenvalue weighted by atomic mass is 9.98. The fraction of sp³-hybridized carbons (Fsp3) is 0.875. The Morgan fingerprint density at radius 1 is 1.54 bits per heavy atom. The van der Waals surface area contributed by atoms with Crippen LogP contribution in [0, 0.1) is 5.92 Å². The Labute approximate surface area is 77.9 Å². The van der Waals surface area contributed by atoms with Gasteiger partial charge in [0.2, 0.25) is 5.78 Å². The van der Waals surface area contributed by atoms with Gasteiger partial charge in [-0.15, -0.1) is 0 Å². The van der Waals surface area contributed by atoms with E-state index in [1.54, 1.807) is 13.8 Å². The topological polar surface area (TPSA) is 34.1 Å². The van der Waals surface area contributed by atoms with Crippen molar-refractivity contribution in [1.82, 2.24) is 0 Å². The van der Waals surface area contributed by atoms with Crippen molar-refractivity contribution in [3.8, 4) is 0 Å². The number of hydrogen-bond acceptors (Lipinski definition) is 2. The van der Waals surface area contributed by atoms with E-state index in [0.717, 1.165) is 0 Å². The van der Waals surface area contributed by atoms with E-state index in [9.17, 15) is 18.1 Å². The molecule has 0 saturated heterocycles. The van der Waals surface area contributed by atoms with Gasteiger partial charge in [0.25, 0.3) is 0 Å². The van der Waals surface area contributed by atoms with E-state index in [1.807, 2.05) is 0 Å². The van der Waals surface area contributed by atoms with Gasteiger partial charge in [0, 0.05) is 6.42 Å². The Kier molecular flexibility index (Phi) is 5.23. The van der Waals surface area contributed by atoms with E-state index in [2.05, 4.69) is 0 Å². The quantitative estimate of drug-likeness (QED) is 0.631. The third-order valence-electron chi connectivity index (χ3n) is 1.92. The fourth-order valence-corrected chi connectivity index (χ4v) is 1.22. The maximum Gasteiger partial charge on any atom is 0.306 e. The number of ketones is 1. The largest absolute Gasteiger partial charge is 0.306 e. The van der Waals surface area contributed by atoms with E-state index in [1.165, 1.54) is 0 Å². The fourth-order valence-electron chi connectivity index (χ4n) is 0.870. The van der Waals surface area contributed by atoms with Gasteiger partial charge in [-0.3, -0.25) is 9.36 Å². The lowest BCUT2D eigenvalue weighted by molar-refractivity contribution is -0.142. The second-order valence-electron chi connectivity index (χ2n) is 3.13. The number of Topliss-reactive ketones (excluding diaryl/α,β-unsaturated/α-hetero) is 1. The Hall–Kier alpha value is -0.370. The van der Waals surface area contributed by atoms with Crippen LogP contribution in [0.4, 0.5) is 8.78 Å². The van der Waals surface area contributed by atoms with Gasteiger partial charge in [-0.25, -0.2) is 0 Å². The van der Waals surface area contributed by atoms with Crippen molar-refractivity contribution >= 4 is 14.2 Å². The number of halogens is 2. The van der Waals surface area contributed by atoms with Gasteiger partial charge in [0.1, 0.15) is 0 Å². The van der Waals surface area contributed by atoms with Gasteiger partial charge < -0.3 is 0 Å². The summed E-state index contributed by atoms with van der Waals surface area (Å²) in [5, 5.41) is 0. The van der Waals surface area contributed by atoms with Crippen LogP contribution in [0.2, 0.25) is 0 Å². The van der Waals surface area contributed by atoms with Gasteiger partial charge in [0.15, 0.2) is 8.46 Å². The zero-order valence-electron chi connectivity index (χ0n) is 7.72. The standard InChI is InChI=1S/C8H13F2O2P/c1-3-6(2)4-8(9,10)7(11)5-13-12/h6H,3-5H2,1-2H3/t6-/m0/s1. The Morgan fingerprint density at radius 3 is 2.46 bits per heavy atom. The molecule has 0 bridgehead atoms. The number of alkyl halides is 2. The molecular weight excluding hydrogens is 197 g/mol. The monoisotopic (exact) mass is 210 g/mol. The molecule has 5 heteroatoms. The number of carbonyl (C=O) groups excluding carboxylic acids is 1. The summed E-state index contributed by atoms with van der Waals surface area (Å²) in [6.45, 7) is 3.45. The first-order chi connectivity index (χ1) is 5.94. The van der Waals surface area contributed by atoms with Crippen LogP contribution < -0.4 is 0 Å². The van der Waals surface area contributed by atoms with Crippen LogP contribution in [0.15, 0.2) is 0 Å². The first-order valence-electron chi connectivity index (χ1n) is 4.14. The molecule has 0 spiro atoms. The Bertz CT molecular complexity index is 195. The minimum Gasteiger partial charge on any atom is -0.292 e. The van der Waals surface area contributed by atoms with E-state index in [-0.39, 0.29) is 5.92 Å². The highest BCUT2D eigenvalue weighted by Gasteiger charge is 2.38. The molecule has 0 unspecified atom stereocenters. The van der Waals surface area contributed by atoms with Crippen LogP contribution >= 0.6 is 8.46 Å². The van der Waals surface area contributed by atoms with Crippen molar-refractivity contribution < 1.29 is 18.1 Å². The molecule has 0 aromatic rings. The lowest BCUT2D eigenvalue weighted by Crippen LogP contribution is -2.31. The summed E-state index contributed by atoms with van der Waals surface area (Å²) in [5.41, 5.74) is 0. The first kappa shape index (κ1) is 12.6. The molecule has 0 N–H and O–H groups in total. The van der Waals surface area contributed by atoms with Gasteiger partial charge in [0.05, 0.1) is 6.16 Å². The maximum absolute atomic E-state index is 12.9. The predicted octanol–water partition coefficient (Wildman–Crippen LogP) is 2.92. The molecule has 0 heterocycles. The van der Waals surface area contributed by atoms with Crippen LogP contribution in [-0.4, -0.2) is 17.9 Å². The SMILES string of the molecule is CC[C@H](C)CC(F)(F)C(=O)CP=O. The molecule has 0 amide bonds. The van der Waals surface area contributed by atoms with Crippen molar-refractivity contribution in [3.05, 3.63) is 0 Å². The summed E-state index contributed by atoms with van der Waals surface area (Å²) in [5.74, 6) is -4.74. The van der Waals surface area contributed by atoms with Crippen molar-refractivity contribution in [2.45, 2.75) is 32.6 Å². The van der Waals surface area contributed by atoms with Gasteiger partial charge in [-0.05, 0) is 5.92 Å². The Balaban J connectivity index is 4.20. The van der Waals surface area contributed by atoms with Crippen LogP contribution in [0.1, 0.15) is 26.7 Å². The molecular formula is C8H13F2O2P. The zero-order chi connectivity index (χ0) is 10.5. The molecule has 1 atom stereocenters. The normalized spacial score (nSPS) is 14.5. The van der Waals surface area contributed by atoms with Gasteiger partial charge >= 0.3 is 5.92 Å². The highest BCUT2D eigenvalue weighted by Crippen LogP contribution is 2.27. The van der Waals surface area contributed by atoms with Crippen LogP contribution in [0.25, 0.3) is 0 Å². The molecule has 0 aliphatic heterocycles. The number of rotatable bonds is 6.